The van der Waals surface area contributed by atoms with Crippen molar-refractivity contribution in [3.05, 3.63) is 48.0 Å². The van der Waals surface area contributed by atoms with Gasteiger partial charge in [-0.2, -0.15) is 0 Å². The van der Waals surface area contributed by atoms with Gasteiger partial charge in [-0.3, -0.25) is 9.78 Å². The predicted octanol–water partition coefficient (Wildman–Crippen LogP) is 1.30. The van der Waals surface area contributed by atoms with E-state index in [1.165, 1.54) is 18.6 Å². The van der Waals surface area contributed by atoms with E-state index in [1.807, 2.05) is 0 Å². The molecule has 0 fully saturated rings. The van der Waals surface area contributed by atoms with Crippen LogP contribution in [-0.4, -0.2) is 22.9 Å². The van der Waals surface area contributed by atoms with Crippen LogP contribution in [0.2, 0.25) is 0 Å². The Morgan fingerprint density at radius 1 is 1.35 bits per heavy atom. The highest BCUT2D eigenvalue weighted by molar-refractivity contribution is 6.10. The van der Waals surface area contributed by atoms with Crippen LogP contribution in [0.25, 0.3) is 0 Å². The highest BCUT2D eigenvalue weighted by Crippen LogP contribution is 2.21. The van der Waals surface area contributed by atoms with Crippen LogP contribution in [0.1, 0.15) is 16.1 Å². The Labute approximate surface area is 98.3 Å². The molecule has 0 aliphatic heterocycles. The smallest absolute Gasteiger partial charge is 0.214 e. The first-order valence-electron chi connectivity index (χ1n) is 4.96. The first kappa shape index (κ1) is 11.1. The third-order valence-electron chi connectivity index (χ3n) is 2.30. The summed E-state index contributed by atoms with van der Waals surface area (Å²) in [7, 11) is 1.54. The Kier molecular flexibility index (Phi) is 3.00. The van der Waals surface area contributed by atoms with Crippen molar-refractivity contribution in [3.63, 3.8) is 0 Å². The molecule has 5 heteroatoms. The fourth-order valence-corrected chi connectivity index (χ4v) is 1.43. The minimum atomic E-state index is -0.252. The summed E-state index contributed by atoms with van der Waals surface area (Å²) >= 11 is 0. The lowest BCUT2D eigenvalue weighted by Crippen LogP contribution is -2.07. The topological polar surface area (TPSA) is 78.1 Å². The van der Waals surface area contributed by atoms with Crippen molar-refractivity contribution in [2.24, 2.45) is 0 Å². The molecule has 1 heterocycles. The molecule has 0 aliphatic rings. The molecular weight excluding hydrogens is 218 g/mol. The molecule has 2 rings (SSSR count). The summed E-state index contributed by atoms with van der Waals surface area (Å²) in [6.07, 6.45) is 4.38. The van der Waals surface area contributed by atoms with Gasteiger partial charge in [0.15, 0.2) is 0 Å². The molecule has 5 nitrogen and oxygen atoms in total. The van der Waals surface area contributed by atoms with Gasteiger partial charge in [0.05, 0.1) is 13.3 Å². The third-order valence-corrected chi connectivity index (χ3v) is 2.30. The number of rotatable bonds is 3. The van der Waals surface area contributed by atoms with Crippen LogP contribution in [0.5, 0.6) is 5.75 Å². The lowest BCUT2D eigenvalue weighted by atomic mass is 10.1. The number of ketones is 1. The van der Waals surface area contributed by atoms with Gasteiger partial charge >= 0.3 is 0 Å². The fourth-order valence-electron chi connectivity index (χ4n) is 1.43. The number of methoxy groups -OCH3 is 1. The van der Waals surface area contributed by atoms with Crippen LogP contribution in [0, 0.1) is 0 Å². The lowest BCUT2D eigenvalue weighted by molar-refractivity contribution is 0.103. The number of hydrogen-bond donors (Lipinski definition) is 1. The highest BCUT2D eigenvalue weighted by Gasteiger charge is 2.14. The molecule has 2 N–H and O–H groups in total. The molecule has 17 heavy (non-hydrogen) atoms. The van der Waals surface area contributed by atoms with Gasteiger partial charge in [0.25, 0.3) is 0 Å². The van der Waals surface area contributed by atoms with E-state index in [-0.39, 0.29) is 11.5 Å². The van der Waals surface area contributed by atoms with E-state index in [9.17, 15) is 4.79 Å². The molecule has 0 spiro atoms. The standard InChI is InChI=1S/C12H11N3O2/c1-17-8-2-3-9(10(13)6-8)12(16)11-7-14-4-5-15-11/h2-7H,13H2,1H3. The number of carbonyl (C=O) groups excluding carboxylic acids is 1. The minimum absolute atomic E-state index is 0.252. The predicted molar refractivity (Wildman–Crippen MR) is 62.9 cm³/mol. The molecule has 0 saturated carbocycles. The number of nitrogens with two attached hydrogens (primary N) is 1. The maximum Gasteiger partial charge on any atom is 0.214 e. The van der Waals surface area contributed by atoms with Gasteiger partial charge in [0.1, 0.15) is 11.4 Å². The number of anilines is 1. The first-order chi connectivity index (χ1) is 8.22. The van der Waals surface area contributed by atoms with Crippen LogP contribution in [0.15, 0.2) is 36.8 Å². The van der Waals surface area contributed by atoms with Gasteiger partial charge in [-0.25, -0.2) is 4.98 Å². The largest absolute Gasteiger partial charge is 0.497 e. The molecule has 0 saturated heterocycles. The summed E-state index contributed by atoms with van der Waals surface area (Å²) < 4.78 is 5.02. The number of nitrogen functional groups attached to an aromatic ring is 1. The Bertz CT molecular complexity index is 541. The zero-order chi connectivity index (χ0) is 12.3. The van der Waals surface area contributed by atoms with Gasteiger partial charge in [-0.05, 0) is 12.1 Å². The number of carbonyl (C=O) groups is 1. The third kappa shape index (κ3) is 2.23. The van der Waals surface area contributed by atoms with Gasteiger partial charge in [0.2, 0.25) is 5.78 Å². The molecule has 0 unspecified atom stereocenters. The van der Waals surface area contributed by atoms with Crippen molar-refractivity contribution in [3.8, 4) is 5.75 Å². The number of benzene rings is 1. The minimum Gasteiger partial charge on any atom is -0.497 e. The quantitative estimate of drug-likeness (QED) is 0.634. The van der Waals surface area contributed by atoms with Gasteiger partial charge < -0.3 is 10.5 Å². The van der Waals surface area contributed by atoms with Crippen molar-refractivity contribution in [1.82, 2.24) is 9.97 Å². The molecular formula is C12H11N3O2. The second kappa shape index (κ2) is 4.61. The zero-order valence-corrected chi connectivity index (χ0v) is 9.25. The van der Waals surface area contributed by atoms with Gasteiger partial charge in [-0.15, -0.1) is 0 Å². The Morgan fingerprint density at radius 2 is 2.18 bits per heavy atom. The summed E-state index contributed by atoms with van der Waals surface area (Å²) in [5, 5.41) is 0. The fraction of sp³-hybridized carbons (Fsp3) is 0.0833. The molecule has 2 aromatic rings. The Morgan fingerprint density at radius 3 is 2.76 bits per heavy atom. The van der Waals surface area contributed by atoms with E-state index in [4.69, 9.17) is 10.5 Å². The maximum absolute atomic E-state index is 12.0. The van der Waals surface area contributed by atoms with Crippen LogP contribution in [0.4, 0.5) is 5.69 Å². The molecule has 0 atom stereocenters. The molecule has 1 aromatic heterocycles. The Balaban J connectivity index is 2.38. The van der Waals surface area contributed by atoms with Gasteiger partial charge in [-0.1, -0.05) is 0 Å². The molecule has 0 bridgehead atoms. The summed E-state index contributed by atoms with van der Waals surface area (Å²) in [4.78, 5) is 19.8. The van der Waals surface area contributed by atoms with E-state index in [0.29, 0.717) is 17.0 Å². The van der Waals surface area contributed by atoms with Crippen molar-refractivity contribution in [2.45, 2.75) is 0 Å². The average molecular weight is 229 g/mol. The number of hydrogen-bond acceptors (Lipinski definition) is 5. The van der Waals surface area contributed by atoms with Crippen LogP contribution in [-0.2, 0) is 0 Å². The normalized spacial score (nSPS) is 9.94. The van der Waals surface area contributed by atoms with Crippen LogP contribution in [0.3, 0.4) is 0 Å². The number of nitrogens with zero attached hydrogens (tertiary/aromatic N) is 2. The van der Waals surface area contributed by atoms with Crippen molar-refractivity contribution >= 4 is 11.5 Å². The summed E-state index contributed by atoms with van der Waals surface area (Å²) in [6, 6.07) is 4.90. The number of aromatic nitrogens is 2. The van der Waals surface area contributed by atoms with E-state index in [2.05, 4.69) is 9.97 Å². The maximum atomic E-state index is 12.0. The lowest BCUT2D eigenvalue weighted by Gasteiger charge is -2.06. The SMILES string of the molecule is COc1ccc(C(=O)c2cnccn2)c(N)c1. The van der Waals surface area contributed by atoms with E-state index >= 15 is 0 Å². The van der Waals surface area contributed by atoms with E-state index in [1.54, 1.807) is 25.3 Å². The Hall–Kier alpha value is -2.43. The summed E-state index contributed by atoms with van der Waals surface area (Å²) in [6.45, 7) is 0. The number of ether oxygens (including phenoxy) is 1. The van der Waals surface area contributed by atoms with E-state index < -0.39 is 0 Å². The van der Waals surface area contributed by atoms with Crippen molar-refractivity contribution < 1.29 is 9.53 Å². The molecule has 0 amide bonds. The van der Waals surface area contributed by atoms with E-state index in [0.717, 1.165) is 0 Å². The van der Waals surface area contributed by atoms with Crippen LogP contribution >= 0.6 is 0 Å². The van der Waals surface area contributed by atoms with Crippen LogP contribution < -0.4 is 10.5 Å². The highest BCUT2D eigenvalue weighted by atomic mass is 16.5. The monoisotopic (exact) mass is 229 g/mol. The summed E-state index contributed by atoms with van der Waals surface area (Å²) in [5.41, 5.74) is 6.81. The van der Waals surface area contributed by atoms with Gasteiger partial charge in [0, 0.05) is 29.7 Å². The molecule has 0 radical (unpaired) electrons. The zero-order valence-electron chi connectivity index (χ0n) is 9.25. The molecule has 86 valence electrons. The molecule has 0 aliphatic carbocycles. The second-order valence-electron chi connectivity index (χ2n) is 3.37. The average Bonchev–Trinajstić information content (AvgIpc) is 2.39. The molecule has 1 aromatic carbocycles. The summed E-state index contributed by atoms with van der Waals surface area (Å²) in [5.74, 6) is 0.358. The van der Waals surface area contributed by atoms with Crippen molar-refractivity contribution in [2.75, 3.05) is 12.8 Å². The first-order valence-corrected chi connectivity index (χ1v) is 4.96. The second-order valence-corrected chi connectivity index (χ2v) is 3.37. The van der Waals surface area contributed by atoms with Crippen molar-refractivity contribution in [1.29, 1.82) is 0 Å².